The molecule has 0 N–H and O–H groups in total. The molecule has 1 heterocycles. The summed E-state index contributed by atoms with van der Waals surface area (Å²) in [6.07, 6.45) is 2.61. The average Bonchev–Trinajstić information content (AvgIpc) is 3.13. The Kier molecular flexibility index (Phi) is 2.67. The van der Waals surface area contributed by atoms with Gasteiger partial charge in [-0.2, -0.15) is 5.10 Å². The predicted octanol–water partition coefficient (Wildman–Crippen LogP) is 4.17. The van der Waals surface area contributed by atoms with Crippen molar-refractivity contribution in [2.75, 3.05) is 0 Å². The van der Waals surface area contributed by atoms with Gasteiger partial charge in [0.25, 0.3) is 0 Å². The Morgan fingerprint density at radius 3 is 2.65 bits per heavy atom. The van der Waals surface area contributed by atoms with Crippen LogP contribution in [0.5, 0.6) is 0 Å². The SMILES string of the molecule is CC(C1CC1)n1nc(-c2ccccc2)cc1Cl. The lowest BCUT2D eigenvalue weighted by atomic mass is 10.2. The van der Waals surface area contributed by atoms with Crippen molar-refractivity contribution in [1.29, 1.82) is 0 Å². The van der Waals surface area contributed by atoms with Crippen LogP contribution in [0.2, 0.25) is 5.15 Å². The van der Waals surface area contributed by atoms with Gasteiger partial charge in [0, 0.05) is 11.6 Å². The highest BCUT2D eigenvalue weighted by Crippen LogP contribution is 2.40. The summed E-state index contributed by atoms with van der Waals surface area (Å²) < 4.78 is 1.96. The van der Waals surface area contributed by atoms with Gasteiger partial charge in [-0.25, -0.2) is 0 Å². The summed E-state index contributed by atoms with van der Waals surface area (Å²) >= 11 is 6.26. The first-order valence-electron chi connectivity index (χ1n) is 6.06. The highest BCUT2D eigenvalue weighted by Gasteiger charge is 2.30. The molecule has 1 atom stereocenters. The molecule has 1 aliphatic rings. The summed E-state index contributed by atoms with van der Waals surface area (Å²) in [6, 6.07) is 12.5. The number of nitrogens with zero attached hydrogens (tertiary/aromatic N) is 2. The van der Waals surface area contributed by atoms with E-state index >= 15 is 0 Å². The zero-order chi connectivity index (χ0) is 11.8. The fraction of sp³-hybridized carbons (Fsp3) is 0.357. The second kappa shape index (κ2) is 4.19. The Balaban J connectivity index is 1.95. The third-order valence-electron chi connectivity index (χ3n) is 3.45. The van der Waals surface area contributed by atoms with E-state index in [0.717, 1.165) is 22.3 Å². The van der Waals surface area contributed by atoms with Gasteiger partial charge >= 0.3 is 0 Å². The van der Waals surface area contributed by atoms with Gasteiger partial charge in [0.15, 0.2) is 0 Å². The maximum atomic E-state index is 6.26. The van der Waals surface area contributed by atoms with E-state index in [1.165, 1.54) is 12.8 Å². The van der Waals surface area contributed by atoms with Crippen LogP contribution >= 0.6 is 11.6 Å². The molecule has 0 bridgehead atoms. The molecule has 88 valence electrons. The van der Waals surface area contributed by atoms with Gasteiger partial charge in [0.2, 0.25) is 0 Å². The molecule has 0 saturated heterocycles. The van der Waals surface area contributed by atoms with Crippen molar-refractivity contribution in [2.45, 2.75) is 25.8 Å². The summed E-state index contributed by atoms with van der Waals surface area (Å²) in [4.78, 5) is 0. The van der Waals surface area contributed by atoms with Crippen LogP contribution in [0.4, 0.5) is 0 Å². The fourth-order valence-corrected chi connectivity index (χ4v) is 2.48. The minimum atomic E-state index is 0.417. The summed E-state index contributed by atoms with van der Waals surface area (Å²) in [5.74, 6) is 0.760. The summed E-state index contributed by atoms with van der Waals surface area (Å²) in [5.41, 5.74) is 2.08. The molecular weight excluding hydrogens is 232 g/mol. The van der Waals surface area contributed by atoms with Crippen molar-refractivity contribution < 1.29 is 0 Å². The van der Waals surface area contributed by atoms with Crippen molar-refractivity contribution in [3.8, 4) is 11.3 Å². The Morgan fingerprint density at radius 1 is 1.29 bits per heavy atom. The van der Waals surface area contributed by atoms with Crippen LogP contribution in [0.15, 0.2) is 36.4 Å². The van der Waals surface area contributed by atoms with Crippen LogP contribution in [-0.2, 0) is 0 Å². The van der Waals surface area contributed by atoms with E-state index in [2.05, 4.69) is 24.2 Å². The first-order chi connectivity index (χ1) is 8.25. The van der Waals surface area contributed by atoms with E-state index in [9.17, 15) is 0 Å². The smallest absolute Gasteiger partial charge is 0.128 e. The summed E-state index contributed by atoms with van der Waals surface area (Å²) in [5, 5.41) is 5.37. The van der Waals surface area contributed by atoms with Gasteiger partial charge in [-0.05, 0) is 25.7 Å². The number of rotatable bonds is 3. The first kappa shape index (κ1) is 10.8. The molecule has 2 nitrogen and oxygen atoms in total. The number of aromatic nitrogens is 2. The third kappa shape index (κ3) is 2.09. The first-order valence-corrected chi connectivity index (χ1v) is 6.44. The average molecular weight is 247 g/mol. The molecule has 0 spiro atoms. The number of benzene rings is 1. The lowest BCUT2D eigenvalue weighted by molar-refractivity contribution is 0.442. The Bertz CT molecular complexity index is 514. The molecular formula is C14H15ClN2. The van der Waals surface area contributed by atoms with Crippen LogP contribution in [0.25, 0.3) is 11.3 Å². The molecule has 1 aromatic carbocycles. The second-order valence-electron chi connectivity index (χ2n) is 4.74. The Hall–Kier alpha value is -1.28. The molecule has 0 amide bonds. The van der Waals surface area contributed by atoms with Gasteiger partial charge < -0.3 is 0 Å². The lowest BCUT2D eigenvalue weighted by Crippen LogP contribution is -2.08. The zero-order valence-corrected chi connectivity index (χ0v) is 10.6. The number of hydrogen-bond acceptors (Lipinski definition) is 1. The second-order valence-corrected chi connectivity index (χ2v) is 5.13. The van der Waals surface area contributed by atoms with Gasteiger partial charge in [0.1, 0.15) is 5.15 Å². The Labute approximate surface area is 106 Å². The summed E-state index contributed by atoms with van der Waals surface area (Å²) in [6.45, 7) is 2.20. The van der Waals surface area contributed by atoms with E-state index < -0.39 is 0 Å². The summed E-state index contributed by atoms with van der Waals surface area (Å²) in [7, 11) is 0. The van der Waals surface area contributed by atoms with E-state index in [0.29, 0.717) is 6.04 Å². The molecule has 3 heteroatoms. The molecule has 3 rings (SSSR count). The molecule has 2 aromatic rings. The van der Waals surface area contributed by atoms with Crippen molar-refractivity contribution >= 4 is 11.6 Å². The van der Waals surface area contributed by atoms with Crippen molar-refractivity contribution in [3.05, 3.63) is 41.6 Å². The standard InChI is InChI=1S/C14H15ClN2/c1-10(11-7-8-11)17-14(15)9-13(16-17)12-5-3-2-4-6-12/h2-6,9-11H,7-8H2,1H3. The van der Waals surface area contributed by atoms with Gasteiger partial charge in [-0.3, -0.25) is 4.68 Å². The van der Waals surface area contributed by atoms with Crippen molar-refractivity contribution in [2.24, 2.45) is 5.92 Å². The normalized spacial score (nSPS) is 17.1. The predicted molar refractivity (Wildman–Crippen MR) is 70.1 cm³/mol. The Morgan fingerprint density at radius 2 is 2.00 bits per heavy atom. The van der Waals surface area contributed by atoms with Crippen LogP contribution in [-0.4, -0.2) is 9.78 Å². The minimum absolute atomic E-state index is 0.417. The molecule has 17 heavy (non-hydrogen) atoms. The highest BCUT2D eigenvalue weighted by molar-refractivity contribution is 6.29. The van der Waals surface area contributed by atoms with E-state index in [-0.39, 0.29) is 0 Å². The molecule has 1 aromatic heterocycles. The maximum absolute atomic E-state index is 6.26. The number of hydrogen-bond donors (Lipinski definition) is 0. The third-order valence-corrected chi connectivity index (χ3v) is 3.73. The van der Waals surface area contributed by atoms with Crippen LogP contribution in [0.1, 0.15) is 25.8 Å². The molecule has 0 radical (unpaired) electrons. The fourth-order valence-electron chi connectivity index (χ4n) is 2.19. The number of halogens is 1. The monoisotopic (exact) mass is 246 g/mol. The highest BCUT2D eigenvalue weighted by atomic mass is 35.5. The minimum Gasteiger partial charge on any atom is -0.250 e. The van der Waals surface area contributed by atoms with Crippen molar-refractivity contribution in [1.82, 2.24) is 9.78 Å². The van der Waals surface area contributed by atoms with E-state index in [1.807, 2.05) is 28.9 Å². The van der Waals surface area contributed by atoms with Gasteiger partial charge in [0.05, 0.1) is 11.7 Å². The quantitative estimate of drug-likeness (QED) is 0.795. The van der Waals surface area contributed by atoms with Crippen LogP contribution in [0.3, 0.4) is 0 Å². The molecule has 1 unspecified atom stereocenters. The van der Waals surface area contributed by atoms with E-state index in [1.54, 1.807) is 0 Å². The van der Waals surface area contributed by atoms with Crippen LogP contribution < -0.4 is 0 Å². The van der Waals surface area contributed by atoms with Crippen LogP contribution in [0, 0.1) is 5.92 Å². The molecule has 1 fully saturated rings. The zero-order valence-electron chi connectivity index (χ0n) is 9.81. The van der Waals surface area contributed by atoms with Crippen molar-refractivity contribution in [3.63, 3.8) is 0 Å². The molecule has 0 aliphatic heterocycles. The largest absolute Gasteiger partial charge is 0.250 e. The van der Waals surface area contributed by atoms with Gasteiger partial charge in [-0.1, -0.05) is 41.9 Å². The van der Waals surface area contributed by atoms with E-state index in [4.69, 9.17) is 11.6 Å². The maximum Gasteiger partial charge on any atom is 0.128 e. The molecule has 1 aliphatic carbocycles. The molecule has 1 saturated carbocycles. The topological polar surface area (TPSA) is 17.8 Å². The van der Waals surface area contributed by atoms with Gasteiger partial charge in [-0.15, -0.1) is 0 Å². The lowest BCUT2D eigenvalue weighted by Gasteiger charge is -2.11.